The fourth-order valence-corrected chi connectivity index (χ4v) is 2.58. The van der Waals surface area contributed by atoms with Crippen LogP contribution in [0.25, 0.3) is 0 Å². The Morgan fingerprint density at radius 2 is 1.40 bits per heavy atom. The van der Waals surface area contributed by atoms with Gasteiger partial charge in [0.25, 0.3) is 0 Å². The first kappa shape index (κ1) is 16.3. The van der Waals surface area contributed by atoms with E-state index in [1.807, 2.05) is 0 Å². The Hall–Kier alpha value is -0.870. The molecular weight excluding hydrogens is 316 g/mol. The second-order valence-corrected chi connectivity index (χ2v) is 6.36. The largest absolute Gasteiger partial charge is 0.457 e. The highest BCUT2D eigenvalue weighted by atomic mass is 16.6. The third-order valence-electron chi connectivity index (χ3n) is 4.06. The van der Waals surface area contributed by atoms with Crippen molar-refractivity contribution in [2.24, 2.45) is 0 Å². The normalized spacial score (nSPS) is 16.0. The Morgan fingerprint density at radius 3 is 1.92 bits per heavy atom. The molecule has 0 aliphatic heterocycles. The summed E-state index contributed by atoms with van der Waals surface area (Å²) in [4.78, 5) is 11.8. The minimum Gasteiger partial charge on any atom is -0.457 e. The van der Waals surface area contributed by atoms with Gasteiger partial charge in [0.05, 0.1) is 20.0 Å². The summed E-state index contributed by atoms with van der Waals surface area (Å²) in [5, 5.41) is 18.6. The van der Waals surface area contributed by atoms with Crippen LogP contribution in [0.15, 0.2) is 12.2 Å². The van der Waals surface area contributed by atoms with Crippen LogP contribution in [0.3, 0.4) is 0 Å². The molecule has 25 heavy (non-hydrogen) atoms. The predicted molar refractivity (Wildman–Crippen MR) is 104 cm³/mol. The third kappa shape index (κ3) is 17.7. The molecule has 0 aromatic carbocycles. The molecule has 0 heterocycles. The lowest BCUT2D eigenvalue weighted by atomic mass is 10.1. The van der Waals surface area contributed by atoms with Crippen molar-refractivity contribution < 1.29 is 26.6 Å². The van der Waals surface area contributed by atoms with E-state index in [-0.39, 0.29) is 6.42 Å². The Balaban J connectivity index is 3.80. The van der Waals surface area contributed by atoms with Crippen LogP contribution in [0.2, 0.25) is 0 Å². The summed E-state index contributed by atoms with van der Waals surface area (Å²) in [6.45, 7) is -4.88. The summed E-state index contributed by atoms with van der Waals surface area (Å²) >= 11 is 0. The molecule has 0 aliphatic rings. The number of allylic oxidation sites excluding steroid dienone is 2. The first-order valence-corrected chi connectivity index (χ1v) is 9.77. The summed E-state index contributed by atoms with van der Waals surface area (Å²) in [6, 6.07) is 0. The number of rotatable bonds is 18. The van der Waals surface area contributed by atoms with Crippen molar-refractivity contribution in [3.63, 3.8) is 0 Å². The molecule has 0 spiro atoms. The second kappa shape index (κ2) is 19.5. The lowest BCUT2D eigenvalue weighted by molar-refractivity contribution is -0.153. The van der Waals surface area contributed by atoms with Crippen molar-refractivity contribution >= 4 is 5.97 Å². The van der Waals surface area contributed by atoms with Gasteiger partial charge >= 0.3 is 5.97 Å². The van der Waals surface area contributed by atoms with E-state index in [1.165, 1.54) is 38.5 Å². The molecule has 0 saturated heterocycles. The first-order chi connectivity index (χ1) is 14.0. The molecule has 148 valence electrons. The molecule has 0 radical (unpaired) electrons. The van der Waals surface area contributed by atoms with Crippen LogP contribution in [0.5, 0.6) is 0 Å². The number of unbranched alkanes of at least 4 members (excludes halogenated alkanes) is 11. The maximum Gasteiger partial charge on any atom is 0.306 e. The van der Waals surface area contributed by atoms with Gasteiger partial charge in [0.15, 0.2) is 0 Å². The quantitative estimate of drug-likeness (QED) is 0.207. The monoisotopic (exact) mass is 361 g/mol. The number of hydrogen-bond donors (Lipinski definition) is 2. The smallest absolute Gasteiger partial charge is 0.306 e. The van der Waals surface area contributed by atoms with Crippen LogP contribution in [0.1, 0.15) is 104 Å². The standard InChI is InChI=1S/C21H40O4/c1-2-3-4-5-6-7-8-9-10-11-12-13-14-15-16-17-21(24)25-20(18-22)19-23/h9-10,20,22-23H,2-8,11-19H2,1H3/b10-9+/i18D2,19D2,20D. The number of hydrogen-bond acceptors (Lipinski definition) is 4. The van der Waals surface area contributed by atoms with Crippen LogP contribution in [-0.4, -0.2) is 35.4 Å². The minimum atomic E-state index is -3.55. The summed E-state index contributed by atoms with van der Waals surface area (Å²) < 4.78 is 40.3. The summed E-state index contributed by atoms with van der Waals surface area (Å²) in [5.41, 5.74) is 0. The van der Waals surface area contributed by atoms with E-state index in [2.05, 4.69) is 23.8 Å². The maximum absolute atomic E-state index is 11.8. The number of aliphatic hydroxyl groups is 2. The second-order valence-electron chi connectivity index (χ2n) is 6.36. The fraction of sp³-hybridized carbons (Fsp3) is 0.857. The maximum atomic E-state index is 11.8. The Labute approximate surface area is 161 Å². The highest BCUT2D eigenvalue weighted by Crippen LogP contribution is 2.10. The minimum absolute atomic E-state index is 0.134. The molecule has 0 aliphatic carbocycles. The first-order valence-electron chi connectivity index (χ1n) is 12.3. The zero-order valence-corrected chi connectivity index (χ0v) is 15.8. The van der Waals surface area contributed by atoms with Crippen LogP contribution < -0.4 is 0 Å². The number of carbonyl (C=O) groups is 1. The van der Waals surface area contributed by atoms with Gasteiger partial charge in [-0.3, -0.25) is 4.79 Å². The lowest BCUT2D eigenvalue weighted by Gasteiger charge is -2.12. The van der Waals surface area contributed by atoms with Gasteiger partial charge in [-0.1, -0.05) is 70.4 Å². The van der Waals surface area contributed by atoms with Crippen molar-refractivity contribution in [1.29, 1.82) is 0 Å². The van der Waals surface area contributed by atoms with Gasteiger partial charge in [-0.2, -0.15) is 0 Å². The highest BCUT2D eigenvalue weighted by Gasteiger charge is 2.11. The summed E-state index contributed by atoms with van der Waals surface area (Å²) in [6.07, 6.45) is 15.1. The Bertz CT molecular complexity index is 473. The van der Waals surface area contributed by atoms with E-state index in [9.17, 15) is 15.0 Å². The van der Waals surface area contributed by atoms with E-state index in [0.717, 1.165) is 38.5 Å². The molecular formula is C21H40O4. The molecule has 2 N–H and O–H groups in total. The van der Waals surface area contributed by atoms with E-state index >= 15 is 0 Å². The van der Waals surface area contributed by atoms with Gasteiger partial charge in [-0.15, -0.1) is 0 Å². The van der Waals surface area contributed by atoms with Crippen molar-refractivity contribution in [3.05, 3.63) is 12.2 Å². The fourth-order valence-electron chi connectivity index (χ4n) is 2.58. The number of ether oxygens (including phenoxy) is 1. The number of carbonyl (C=O) groups excluding carboxylic acids is 1. The van der Waals surface area contributed by atoms with E-state index < -0.39 is 25.2 Å². The predicted octanol–water partition coefficient (Wildman–Crippen LogP) is 4.92. The van der Waals surface area contributed by atoms with Crippen molar-refractivity contribution in [2.45, 2.75) is 103 Å². The van der Waals surface area contributed by atoms with Gasteiger partial charge in [0.2, 0.25) is 0 Å². The van der Waals surface area contributed by atoms with Gasteiger partial charge in [-0.05, 0) is 32.1 Å². The molecule has 0 atom stereocenters. The molecule has 0 rings (SSSR count). The van der Waals surface area contributed by atoms with Crippen molar-refractivity contribution in [2.75, 3.05) is 13.1 Å². The lowest BCUT2D eigenvalue weighted by Crippen LogP contribution is -2.25. The topological polar surface area (TPSA) is 66.8 Å². The Morgan fingerprint density at radius 1 is 0.920 bits per heavy atom. The average Bonchev–Trinajstić information content (AvgIpc) is 2.63. The highest BCUT2D eigenvalue weighted by molar-refractivity contribution is 5.69. The van der Waals surface area contributed by atoms with E-state index in [4.69, 9.17) is 6.85 Å². The molecule has 0 amide bonds. The van der Waals surface area contributed by atoms with E-state index in [1.54, 1.807) is 0 Å². The molecule has 0 fully saturated rings. The zero-order valence-electron chi connectivity index (χ0n) is 20.8. The van der Waals surface area contributed by atoms with E-state index in [0.29, 0.717) is 6.42 Å². The molecule has 4 nitrogen and oxygen atoms in total. The molecule has 4 heteroatoms. The average molecular weight is 362 g/mol. The van der Waals surface area contributed by atoms with Crippen LogP contribution in [0.4, 0.5) is 0 Å². The van der Waals surface area contributed by atoms with Gasteiger partial charge in [0.1, 0.15) is 6.08 Å². The van der Waals surface area contributed by atoms with Crippen molar-refractivity contribution in [1.82, 2.24) is 0 Å². The molecule has 0 unspecified atom stereocenters. The summed E-state index contributed by atoms with van der Waals surface area (Å²) in [7, 11) is 0. The van der Waals surface area contributed by atoms with Crippen LogP contribution in [0, 0.1) is 0 Å². The van der Waals surface area contributed by atoms with Gasteiger partial charge < -0.3 is 14.9 Å². The number of esters is 1. The summed E-state index contributed by atoms with van der Waals surface area (Å²) in [5.74, 6) is -1.03. The van der Waals surface area contributed by atoms with Crippen LogP contribution in [-0.2, 0) is 9.53 Å². The van der Waals surface area contributed by atoms with Gasteiger partial charge in [-0.25, -0.2) is 0 Å². The zero-order chi connectivity index (χ0) is 23.1. The third-order valence-corrected chi connectivity index (χ3v) is 4.06. The van der Waals surface area contributed by atoms with Gasteiger partial charge in [0, 0.05) is 6.42 Å². The van der Waals surface area contributed by atoms with Crippen LogP contribution >= 0.6 is 0 Å². The van der Waals surface area contributed by atoms with Crippen molar-refractivity contribution in [3.8, 4) is 0 Å². The SMILES string of the molecule is [2H]C([2H])(O)C([2H])(OC(=O)CCCCCCC/C=C/CCCCCCCC)C([2H])([2H])O. The molecule has 0 bridgehead atoms. The Kier molecular flexibility index (Phi) is 12.7. The molecule has 0 aromatic rings. The molecule has 0 saturated carbocycles. The molecule has 0 aromatic heterocycles.